The van der Waals surface area contributed by atoms with Crippen molar-refractivity contribution in [1.82, 2.24) is 4.98 Å². The van der Waals surface area contributed by atoms with E-state index in [0.29, 0.717) is 23.0 Å². The Morgan fingerprint density at radius 1 is 1.40 bits per heavy atom. The molecule has 3 rings (SSSR count). The minimum atomic E-state index is -0.160. The van der Waals surface area contributed by atoms with E-state index >= 15 is 0 Å². The minimum absolute atomic E-state index is 0.0895. The fourth-order valence-electron chi connectivity index (χ4n) is 2.90. The molecule has 132 valence electrons. The van der Waals surface area contributed by atoms with Crippen LogP contribution < -0.4 is 10.2 Å². The van der Waals surface area contributed by atoms with Crippen LogP contribution in [-0.4, -0.2) is 23.3 Å². The monoisotopic (exact) mass is 357 g/mol. The Kier molecular flexibility index (Phi) is 5.18. The van der Waals surface area contributed by atoms with Crippen molar-refractivity contribution >= 4 is 34.0 Å². The predicted octanol–water partition coefficient (Wildman–Crippen LogP) is 4.21. The van der Waals surface area contributed by atoms with Crippen LogP contribution in [0.25, 0.3) is 0 Å². The highest BCUT2D eigenvalue weighted by Gasteiger charge is 2.28. The second-order valence-corrected chi connectivity index (χ2v) is 7.50. The van der Waals surface area contributed by atoms with Crippen LogP contribution >= 0.6 is 11.3 Å². The standard InChI is InChI=1S/C19H23N3O2S/c1-4-13-7-5-8-14(11-13)20-18(24)17-16(12(2)3)21-19(25-17)22-10-6-9-15(22)23/h5,7-8,11-12H,4,6,9-10H2,1-3H3,(H,20,24). The average Bonchev–Trinajstić information content (AvgIpc) is 3.21. The molecule has 0 radical (unpaired) electrons. The summed E-state index contributed by atoms with van der Waals surface area (Å²) in [6, 6.07) is 7.86. The first-order valence-electron chi connectivity index (χ1n) is 8.71. The summed E-state index contributed by atoms with van der Waals surface area (Å²) >= 11 is 1.31. The van der Waals surface area contributed by atoms with Gasteiger partial charge in [0, 0.05) is 18.7 Å². The van der Waals surface area contributed by atoms with Gasteiger partial charge in [-0.3, -0.25) is 14.5 Å². The third-order valence-corrected chi connectivity index (χ3v) is 5.39. The zero-order valence-corrected chi connectivity index (χ0v) is 15.7. The van der Waals surface area contributed by atoms with Crippen molar-refractivity contribution in [2.45, 2.75) is 46.0 Å². The third-order valence-electron chi connectivity index (χ3n) is 4.29. The van der Waals surface area contributed by atoms with Crippen molar-refractivity contribution in [1.29, 1.82) is 0 Å². The van der Waals surface area contributed by atoms with Crippen molar-refractivity contribution in [2.75, 3.05) is 16.8 Å². The largest absolute Gasteiger partial charge is 0.321 e. The molecule has 1 N–H and O–H groups in total. The van der Waals surface area contributed by atoms with Crippen molar-refractivity contribution < 1.29 is 9.59 Å². The highest BCUT2D eigenvalue weighted by molar-refractivity contribution is 7.18. The molecule has 6 heteroatoms. The minimum Gasteiger partial charge on any atom is -0.321 e. The normalized spacial score (nSPS) is 14.4. The maximum absolute atomic E-state index is 12.8. The molecule has 25 heavy (non-hydrogen) atoms. The number of carbonyl (C=O) groups excluding carboxylic acids is 2. The molecule has 2 aromatic rings. The number of aryl methyl sites for hydroxylation is 1. The lowest BCUT2D eigenvalue weighted by molar-refractivity contribution is -0.117. The van der Waals surface area contributed by atoms with Crippen LogP contribution in [0, 0.1) is 0 Å². The van der Waals surface area contributed by atoms with E-state index in [4.69, 9.17) is 0 Å². The van der Waals surface area contributed by atoms with Gasteiger partial charge in [-0.2, -0.15) is 0 Å². The summed E-state index contributed by atoms with van der Waals surface area (Å²) in [6.45, 7) is 6.79. The summed E-state index contributed by atoms with van der Waals surface area (Å²) in [4.78, 5) is 31.7. The molecule has 1 aromatic carbocycles. The predicted molar refractivity (Wildman–Crippen MR) is 102 cm³/mol. The number of anilines is 2. The van der Waals surface area contributed by atoms with Crippen LogP contribution in [0.2, 0.25) is 0 Å². The highest BCUT2D eigenvalue weighted by atomic mass is 32.1. The molecule has 1 aliphatic rings. The summed E-state index contributed by atoms with van der Waals surface area (Å²) < 4.78 is 0. The number of hydrogen-bond donors (Lipinski definition) is 1. The first kappa shape index (κ1) is 17.6. The van der Waals surface area contributed by atoms with Gasteiger partial charge < -0.3 is 5.32 Å². The fraction of sp³-hybridized carbons (Fsp3) is 0.421. The molecular formula is C19H23N3O2S. The van der Waals surface area contributed by atoms with Crippen molar-refractivity contribution in [3.05, 3.63) is 40.4 Å². The lowest BCUT2D eigenvalue weighted by Gasteiger charge is -2.10. The molecule has 0 bridgehead atoms. The Hall–Kier alpha value is -2.21. The van der Waals surface area contributed by atoms with Crippen LogP contribution in [0.1, 0.15) is 60.5 Å². The van der Waals surface area contributed by atoms with E-state index in [1.807, 2.05) is 38.1 Å². The lowest BCUT2D eigenvalue weighted by atomic mass is 10.1. The second kappa shape index (κ2) is 7.35. The smallest absolute Gasteiger partial charge is 0.267 e. The molecule has 0 atom stereocenters. The summed E-state index contributed by atoms with van der Waals surface area (Å²) in [5, 5.41) is 3.61. The van der Waals surface area contributed by atoms with Gasteiger partial charge >= 0.3 is 0 Å². The number of benzene rings is 1. The van der Waals surface area contributed by atoms with Gasteiger partial charge in [-0.15, -0.1) is 0 Å². The van der Waals surface area contributed by atoms with Gasteiger partial charge in [-0.25, -0.2) is 4.98 Å². The molecule has 5 nitrogen and oxygen atoms in total. The Bertz CT molecular complexity index is 798. The first-order chi connectivity index (χ1) is 12.0. The molecule has 1 aliphatic heterocycles. The lowest BCUT2D eigenvalue weighted by Crippen LogP contribution is -2.23. The van der Waals surface area contributed by atoms with Crippen molar-refractivity contribution in [2.24, 2.45) is 0 Å². The van der Waals surface area contributed by atoms with Crippen LogP contribution in [0.5, 0.6) is 0 Å². The van der Waals surface area contributed by atoms with Gasteiger partial charge in [-0.1, -0.05) is 44.2 Å². The van der Waals surface area contributed by atoms with Gasteiger partial charge in [0.05, 0.1) is 5.69 Å². The molecule has 0 aliphatic carbocycles. The number of aromatic nitrogens is 1. The van der Waals surface area contributed by atoms with Crippen molar-refractivity contribution in [3.8, 4) is 0 Å². The molecular weight excluding hydrogens is 334 g/mol. The van der Waals surface area contributed by atoms with E-state index in [-0.39, 0.29) is 17.7 Å². The molecule has 1 fully saturated rings. The average molecular weight is 357 g/mol. The zero-order valence-electron chi connectivity index (χ0n) is 14.8. The van der Waals surface area contributed by atoms with E-state index in [2.05, 4.69) is 17.2 Å². The maximum atomic E-state index is 12.8. The van der Waals surface area contributed by atoms with E-state index in [0.717, 1.165) is 24.2 Å². The quantitative estimate of drug-likeness (QED) is 0.872. The molecule has 1 saturated heterocycles. The SMILES string of the molecule is CCc1cccc(NC(=O)c2sc(N3CCCC3=O)nc2C(C)C)c1. The summed E-state index contributed by atoms with van der Waals surface area (Å²) in [5.41, 5.74) is 2.71. The van der Waals surface area contributed by atoms with Gasteiger partial charge in [0.15, 0.2) is 5.13 Å². The topological polar surface area (TPSA) is 62.3 Å². The second-order valence-electron chi connectivity index (χ2n) is 6.52. The van der Waals surface area contributed by atoms with Crippen LogP contribution in [-0.2, 0) is 11.2 Å². The number of carbonyl (C=O) groups is 2. The number of amides is 2. The summed E-state index contributed by atoms with van der Waals surface area (Å²) in [6.07, 6.45) is 2.32. The number of nitrogens with zero attached hydrogens (tertiary/aromatic N) is 2. The fourth-order valence-corrected chi connectivity index (χ4v) is 4.06. The zero-order chi connectivity index (χ0) is 18.0. The van der Waals surface area contributed by atoms with Gasteiger partial charge in [0.2, 0.25) is 5.91 Å². The Labute approximate surface area is 152 Å². The Morgan fingerprint density at radius 2 is 2.20 bits per heavy atom. The van der Waals surface area contributed by atoms with Crippen LogP contribution in [0.3, 0.4) is 0 Å². The third kappa shape index (κ3) is 3.74. The van der Waals surface area contributed by atoms with E-state index in [1.54, 1.807) is 4.90 Å². The summed E-state index contributed by atoms with van der Waals surface area (Å²) in [5.74, 6) is 0.0458. The maximum Gasteiger partial charge on any atom is 0.267 e. The highest BCUT2D eigenvalue weighted by Crippen LogP contribution is 2.33. The molecule has 1 aromatic heterocycles. The van der Waals surface area contributed by atoms with E-state index in [1.165, 1.54) is 16.9 Å². The van der Waals surface area contributed by atoms with Crippen LogP contribution in [0.4, 0.5) is 10.8 Å². The number of thiazole rings is 1. The first-order valence-corrected chi connectivity index (χ1v) is 9.52. The Morgan fingerprint density at radius 3 is 2.84 bits per heavy atom. The Balaban J connectivity index is 1.88. The summed E-state index contributed by atoms with van der Waals surface area (Å²) in [7, 11) is 0. The van der Waals surface area contributed by atoms with Crippen LogP contribution in [0.15, 0.2) is 24.3 Å². The van der Waals surface area contributed by atoms with Gasteiger partial charge in [0.25, 0.3) is 5.91 Å². The van der Waals surface area contributed by atoms with Crippen molar-refractivity contribution in [3.63, 3.8) is 0 Å². The molecule has 0 spiro atoms. The number of rotatable bonds is 5. The number of hydrogen-bond acceptors (Lipinski definition) is 4. The molecule has 0 saturated carbocycles. The van der Waals surface area contributed by atoms with Gasteiger partial charge in [0.1, 0.15) is 4.88 Å². The van der Waals surface area contributed by atoms with Gasteiger partial charge in [-0.05, 0) is 36.5 Å². The van der Waals surface area contributed by atoms with E-state index in [9.17, 15) is 9.59 Å². The van der Waals surface area contributed by atoms with E-state index < -0.39 is 0 Å². The number of nitrogens with one attached hydrogen (secondary N) is 1. The molecule has 0 unspecified atom stereocenters. The molecule has 2 heterocycles. The molecule has 2 amide bonds.